The molecule has 0 amide bonds. The van der Waals surface area contributed by atoms with Gasteiger partial charge in [0.25, 0.3) is 0 Å². The van der Waals surface area contributed by atoms with Crippen LogP contribution in [0.25, 0.3) is 10.9 Å². The summed E-state index contributed by atoms with van der Waals surface area (Å²) in [6.07, 6.45) is 3.17. The minimum Gasteiger partial charge on any atom is -0.361 e. The lowest BCUT2D eigenvalue weighted by Crippen LogP contribution is -2.52. The summed E-state index contributed by atoms with van der Waals surface area (Å²) < 4.78 is 13.5. The van der Waals surface area contributed by atoms with Gasteiger partial charge >= 0.3 is 0 Å². The Labute approximate surface area is 135 Å². The number of hydrogen-bond acceptors (Lipinski definition) is 2. The SMILES string of the molecule is CC(C)C(N)C(=O)C1(c2c[nH]c3cc(F)ccc23)CC[N]CC1. The van der Waals surface area contributed by atoms with E-state index in [2.05, 4.69) is 10.3 Å². The molecule has 3 rings (SSSR count). The summed E-state index contributed by atoms with van der Waals surface area (Å²) in [5.74, 6) is -0.127. The number of Topliss-reactive ketones (excluding diaryl/α,β-unsaturated/α-hetero) is 1. The van der Waals surface area contributed by atoms with Crippen LogP contribution in [-0.4, -0.2) is 29.9 Å². The van der Waals surface area contributed by atoms with E-state index in [0.717, 1.165) is 10.9 Å². The quantitative estimate of drug-likeness (QED) is 0.909. The number of aromatic amines is 1. The second-order valence-corrected chi connectivity index (χ2v) is 6.78. The van der Waals surface area contributed by atoms with Crippen LogP contribution in [0.15, 0.2) is 24.4 Å². The molecule has 0 bridgehead atoms. The highest BCUT2D eigenvalue weighted by Crippen LogP contribution is 2.40. The molecule has 1 aliphatic heterocycles. The Morgan fingerprint density at radius 1 is 1.35 bits per heavy atom. The largest absolute Gasteiger partial charge is 0.361 e. The first-order chi connectivity index (χ1) is 11.0. The molecule has 0 aliphatic carbocycles. The number of nitrogens with zero attached hydrogens (tertiary/aromatic N) is 1. The molecule has 4 nitrogen and oxygen atoms in total. The fraction of sp³-hybridized carbons (Fsp3) is 0.500. The summed E-state index contributed by atoms with van der Waals surface area (Å²) in [6.45, 7) is 5.25. The van der Waals surface area contributed by atoms with E-state index in [1.165, 1.54) is 12.1 Å². The number of ketones is 1. The van der Waals surface area contributed by atoms with Crippen molar-refractivity contribution >= 4 is 16.7 Å². The minimum absolute atomic E-state index is 0.0765. The summed E-state index contributed by atoms with van der Waals surface area (Å²) in [4.78, 5) is 16.3. The van der Waals surface area contributed by atoms with Gasteiger partial charge < -0.3 is 10.7 Å². The van der Waals surface area contributed by atoms with Crippen molar-refractivity contribution in [3.8, 4) is 0 Å². The first-order valence-electron chi connectivity index (χ1n) is 8.16. The lowest BCUT2D eigenvalue weighted by atomic mass is 9.67. The van der Waals surface area contributed by atoms with Crippen LogP contribution in [-0.2, 0) is 10.2 Å². The number of halogens is 1. The van der Waals surface area contributed by atoms with Crippen molar-refractivity contribution in [1.82, 2.24) is 10.3 Å². The zero-order chi connectivity index (χ0) is 16.6. The summed E-state index contributed by atoms with van der Waals surface area (Å²) >= 11 is 0. The van der Waals surface area contributed by atoms with E-state index >= 15 is 0 Å². The standard InChI is InChI=1S/C18H23FN3O/c1-11(2)16(20)17(23)18(5-7-21-8-6-18)14-10-22-15-9-12(19)3-4-13(14)15/h3-4,9-11,16,22H,5-8,20H2,1-2H3. The maximum atomic E-state index is 13.5. The minimum atomic E-state index is -0.623. The Kier molecular flexibility index (Phi) is 4.25. The van der Waals surface area contributed by atoms with Crippen molar-refractivity contribution in [3.63, 3.8) is 0 Å². The monoisotopic (exact) mass is 316 g/mol. The van der Waals surface area contributed by atoms with Gasteiger partial charge in [0.2, 0.25) is 0 Å². The Morgan fingerprint density at radius 3 is 2.70 bits per heavy atom. The van der Waals surface area contributed by atoms with E-state index in [9.17, 15) is 9.18 Å². The molecule has 123 valence electrons. The van der Waals surface area contributed by atoms with Crippen LogP contribution in [0.5, 0.6) is 0 Å². The molecule has 1 aliphatic rings. The van der Waals surface area contributed by atoms with Gasteiger partial charge in [0.05, 0.1) is 11.5 Å². The van der Waals surface area contributed by atoms with E-state index < -0.39 is 11.5 Å². The van der Waals surface area contributed by atoms with E-state index in [1.807, 2.05) is 20.0 Å². The van der Waals surface area contributed by atoms with Gasteiger partial charge in [0, 0.05) is 30.2 Å². The fourth-order valence-electron chi connectivity index (χ4n) is 3.54. The third-order valence-electron chi connectivity index (χ3n) is 5.05. The van der Waals surface area contributed by atoms with Gasteiger partial charge in [-0.05, 0) is 42.5 Å². The summed E-state index contributed by atoms with van der Waals surface area (Å²) in [7, 11) is 0. The number of nitrogens with one attached hydrogen (secondary N) is 1. The highest BCUT2D eigenvalue weighted by molar-refractivity contribution is 5.99. The second kappa shape index (κ2) is 6.06. The topological polar surface area (TPSA) is 73.0 Å². The molecule has 1 aromatic heterocycles. The number of carbonyl (C=O) groups is 1. The van der Waals surface area contributed by atoms with Crippen molar-refractivity contribution in [3.05, 3.63) is 35.8 Å². The van der Waals surface area contributed by atoms with Crippen molar-refractivity contribution < 1.29 is 9.18 Å². The zero-order valence-corrected chi connectivity index (χ0v) is 13.6. The average Bonchev–Trinajstić information content (AvgIpc) is 2.97. The normalized spacial score (nSPS) is 19.2. The molecule has 0 spiro atoms. The van der Waals surface area contributed by atoms with Crippen LogP contribution in [0, 0.1) is 11.7 Å². The zero-order valence-electron chi connectivity index (χ0n) is 13.6. The highest BCUT2D eigenvalue weighted by atomic mass is 19.1. The Hall–Kier alpha value is -1.72. The molecule has 3 N–H and O–H groups in total. The molecule has 5 heteroatoms. The number of H-pyrrole nitrogens is 1. The summed E-state index contributed by atoms with van der Waals surface area (Å²) in [5, 5.41) is 5.30. The van der Waals surface area contributed by atoms with Gasteiger partial charge in [-0.2, -0.15) is 0 Å². The number of aromatic nitrogens is 1. The number of nitrogens with two attached hydrogens (primary N) is 1. The van der Waals surface area contributed by atoms with Crippen LogP contribution in [0.4, 0.5) is 4.39 Å². The first-order valence-corrected chi connectivity index (χ1v) is 8.16. The van der Waals surface area contributed by atoms with Gasteiger partial charge in [-0.3, -0.25) is 4.79 Å². The predicted octanol–water partition coefficient (Wildman–Crippen LogP) is 2.50. The van der Waals surface area contributed by atoms with E-state index in [4.69, 9.17) is 5.73 Å². The lowest BCUT2D eigenvalue weighted by Gasteiger charge is -2.38. The van der Waals surface area contributed by atoms with E-state index in [-0.39, 0.29) is 17.5 Å². The molecule has 2 aromatic rings. The van der Waals surface area contributed by atoms with Crippen molar-refractivity contribution in [1.29, 1.82) is 0 Å². The molecular weight excluding hydrogens is 293 g/mol. The predicted molar refractivity (Wildman–Crippen MR) is 88.9 cm³/mol. The summed E-state index contributed by atoms with van der Waals surface area (Å²) in [5.41, 5.74) is 7.23. The van der Waals surface area contributed by atoms with Gasteiger partial charge in [-0.1, -0.05) is 13.8 Å². The third-order valence-corrected chi connectivity index (χ3v) is 5.05. The van der Waals surface area contributed by atoms with Crippen LogP contribution < -0.4 is 11.1 Å². The Balaban J connectivity index is 2.13. The van der Waals surface area contributed by atoms with Gasteiger partial charge in [0.1, 0.15) is 5.82 Å². The Bertz CT molecular complexity index is 716. The number of carbonyl (C=O) groups excluding carboxylic acids is 1. The van der Waals surface area contributed by atoms with Crippen molar-refractivity contribution in [2.75, 3.05) is 13.1 Å². The third kappa shape index (κ3) is 2.68. The van der Waals surface area contributed by atoms with Crippen LogP contribution in [0.2, 0.25) is 0 Å². The number of piperidine rings is 1. The Morgan fingerprint density at radius 2 is 2.04 bits per heavy atom. The van der Waals surface area contributed by atoms with E-state index in [1.54, 1.807) is 6.07 Å². The molecule has 23 heavy (non-hydrogen) atoms. The fourth-order valence-corrected chi connectivity index (χ4v) is 3.54. The molecule has 1 unspecified atom stereocenters. The molecule has 1 fully saturated rings. The van der Waals surface area contributed by atoms with Crippen molar-refractivity contribution in [2.45, 2.75) is 38.1 Å². The van der Waals surface area contributed by atoms with Crippen LogP contribution in [0.3, 0.4) is 0 Å². The molecule has 2 heterocycles. The number of fused-ring (bicyclic) bond motifs is 1. The number of benzene rings is 1. The van der Waals surface area contributed by atoms with Gasteiger partial charge in [-0.15, -0.1) is 0 Å². The van der Waals surface area contributed by atoms with Crippen molar-refractivity contribution in [2.24, 2.45) is 11.7 Å². The molecule has 1 aromatic carbocycles. The molecule has 1 atom stereocenters. The second-order valence-electron chi connectivity index (χ2n) is 6.78. The molecular formula is C18H23FN3O. The number of hydrogen-bond donors (Lipinski definition) is 2. The maximum absolute atomic E-state index is 13.5. The van der Waals surface area contributed by atoms with Crippen LogP contribution >= 0.6 is 0 Å². The first kappa shape index (κ1) is 16.1. The smallest absolute Gasteiger partial charge is 0.160 e. The maximum Gasteiger partial charge on any atom is 0.160 e. The van der Waals surface area contributed by atoms with Gasteiger partial charge in [-0.25, -0.2) is 9.71 Å². The van der Waals surface area contributed by atoms with E-state index in [0.29, 0.717) is 31.4 Å². The van der Waals surface area contributed by atoms with Crippen LogP contribution in [0.1, 0.15) is 32.3 Å². The average molecular weight is 316 g/mol. The number of rotatable bonds is 4. The highest BCUT2D eigenvalue weighted by Gasteiger charge is 2.45. The molecule has 1 radical (unpaired) electrons. The summed E-state index contributed by atoms with van der Waals surface area (Å²) in [6, 6.07) is 4.15. The van der Waals surface area contributed by atoms with Gasteiger partial charge in [0.15, 0.2) is 5.78 Å². The molecule has 0 saturated carbocycles. The molecule has 1 saturated heterocycles. The lowest BCUT2D eigenvalue weighted by molar-refractivity contribution is -0.127.